The van der Waals surface area contributed by atoms with Gasteiger partial charge in [0.25, 0.3) is 5.91 Å². The molecule has 4 nitrogen and oxygen atoms in total. The molecular weight excluding hydrogens is 379 g/mol. The molecule has 0 aliphatic carbocycles. The van der Waals surface area contributed by atoms with Crippen molar-refractivity contribution in [1.82, 2.24) is 5.43 Å². The minimum absolute atomic E-state index is 0.0704. The molecule has 3 rings (SSSR count). The van der Waals surface area contributed by atoms with Crippen LogP contribution < -0.4 is 10.3 Å². The monoisotopic (exact) mass is 403 g/mol. The number of hydrogen-bond donors (Lipinski definition) is 1. The normalized spacial score (nSPS) is 18.6. The molecule has 0 radical (unpaired) electrons. The Hall–Kier alpha value is -2.83. The second-order valence-electron chi connectivity index (χ2n) is 8.07. The van der Waals surface area contributed by atoms with E-state index in [9.17, 15) is 18.0 Å². The maximum Gasteiger partial charge on any atom is 0.416 e. The SMILES string of the molecule is CC1CC(C)(C)N(C)c2ccc(/C=N\NC(=O)c3cccc(C(F)(F)F)c3)cc21. The first kappa shape index (κ1) is 20.9. The van der Waals surface area contributed by atoms with E-state index in [1.54, 1.807) is 0 Å². The van der Waals surface area contributed by atoms with Gasteiger partial charge in [-0.15, -0.1) is 0 Å². The van der Waals surface area contributed by atoms with Crippen LogP contribution in [0.3, 0.4) is 0 Å². The molecule has 0 saturated carbocycles. The summed E-state index contributed by atoms with van der Waals surface area (Å²) in [6.45, 7) is 6.61. The number of fused-ring (bicyclic) bond motifs is 1. The van der Waals surface area contributed by atoms with Crippen LogP contribution in [0.5, 0.6) is 0 Å². The highest BCUT2D eigenvalue weighted by atomic mass is 19.4. The standard InChI is InChI=1S/C22H24F3N3O/c1-14-12-21(2,3)28(4)19-9-8-15(10-18(14)19)13-26-27-20(29)16-6-5-7-17(11-16)22(23,24)25/h5-11,13-14H,12H2,1-4H3,(H,27,29)/b26-13-. The maximum atomic E-state index is 12.8. The molecule has 1 heterocycles. The number of amides is 1. The third-order valence-electron chi connectivity index (χ3n) is 5.49. The Morgan fingerprint density at radius 3 is 2.66 bits per heavy atom. The smallest absolute Gasteiger partial charge is 0.369 e. The third kappa shape index (κ3) is 4.44. The summed E-state index contributed by atoms with van der Waals surface area (Å²) in [6.07, 6.45) is -1.98. The number of rotatable bonds is 3. The van der Waals surface area contributed by atoms with Crippen LogP contribution in [0.25, 0.3) is 0 Å². The predicted octanol–water partition coefficient (Wildman–Crippen LogP) is 5.19. The van der Waals surface area contributed by atoms with Crippen molar-refractivity contribution in [2.75, 3.05) is 11.9 Å². The molecule has 1 amide bonds. The van der Waals surface area contributed by atoms with Crippen molar-refractivity contribution in [3.8, 4) is 0 Å². The molecule has 0 saturated heterocycles. The van der Waals surface area contributed by atoms with E-state index in [1.165, 1.54) is 29.6 Å². The molecule has 1 N–H and O–H groups in total. The van der Waals surface area contributed by atoms with Gasteiger partial charge >= 0.3 is 6.18 Å². The quantitative estimate of drug-likeness (QED) is 0.566. The zero-order valence-electron chi connectivity index (χ0n) is 16.8. The van der Waals surface area contributed by atoms with Crippen LogP contribution in [0, 0.1) is 0 Å². The van der Waals surface area contributed by atoms with Gasteiger partial charge < -0.3 is 4.90 Å². The number of carbonyl (C=O) groups excluding carboxylic acids is 1. The van der Waals surface area contributed by atoms with E-state index < -0.39 is 17.6 Å². The highest BCUT2D eigenvalue weighted by Gasteiger charge is 2.34. The van der Waals surface area contributed by atoms with Gasteiger partial charge in [0.05, 0.1) is 11.8 Å². The summed E-state index contributed by atoms with van der Waals surface area (Å²) in [4.78, 5) is 14.4. The van der Waals surface area contributed by atoms with Crippen molar-refractivity contribution < 1.29 is 18.0 Å². The fourth-order valence-corrected chi connectivity index (χ4v) is 3.74. The Morgan fingerprint density at radius 1 is 1.24 bits per heavy atom. The van der Waals surface area contributed by atoms with E-state index in [2.05, 4.69) is 43.2 Å². The second-order valence-corrected chi connectivity index (χ2v) is 8.07. The third-order valence-corrected chi connectivity index (χ3v) is 5.49. The average molecular weight is 403 g/mol. The van der Waals surface area contributed by atoms with Crippen LogP contribution in [0.1, 0.15) is 60.2 Å². The van der Waals surface area contributed by atoms with Crippen molar-refractivity contribution in [3.05, 3.63) is 64.7 Å². The van der Waals surface area contributed by atoms with Crippen LogP contribution in [-0.2, 0) is 6.18 Å². The van der Waals surface area contributed by atoms with Crippen LogP contribution in [0.4, 0.5) is 18.9 Å². The van der Waals surface area contributed by atoms with Gasteiger partial charge in [-0.25, -0.2) is 5.43 Å². The summed E-state index contributed by atoms with van der Waals surface area (Å²) in [7, 11) is 2.08. The van der Waals surface area contributed by atoms with Crippen LogP contribution in [-0.4, -0.2) is 24.7 Å². The van der Waals surface area contributed by atoms with E-state index in [0.717, 1.165) is 24.1 Å². The Kier molecular flexibility index (Phi) is 5.43. The number of halogens is 3. The highest BCUT2D eigenvalue weighted by molar-refractivity contribution is 5.95. The molecule has 1 aliphatic rings. The summed E-state index contributed by atoms with van der Waals surface area (Å²) in [5.41, 5.74) is 4.58. The molecule has 154 valence electrons. The molecule has 2 aromatic carbocycles. The lowest BCUT2D eigenvalue weighted by atomic mass is 9.80. The number of benzene rings is 2. The molecule has 7 heteroatoms. The number of carbonyl (C=O) groups is 1. The minimum Gasteiger partial charge on any atom is -0.369 e. The van der Waals surface area contributed by atoms with Gasteiger partial charge in [-0.05, 0) is 67.6 Å². The summed E-state index contributed by atoms with van der Waals surface area (Å²) >= 11 is 0. The van der Waals surface area contributed by atoms with E-state index in [0.29, 0.717) is 5.92 Å². The Bertz CT molecular complexity index is 951. The van der Waals surface area contributed by atoms with Gasteiger partial charge in [-0.2, -0.15) is 18.3 Å². The molecule has 1 atom stereocenters. The van der Waals surface area contributed by atoms with E-state index in [-0.39, 0.29) is 11.1 Å². The number of nitrogens with zero attached hydrogens (tertiary/aromatic N) is 2. The van der Waals surface area contributed by atoms with Crippen LogP contribution in [0.2, 0.25) is 0 Å². The van der Waals surface area contributed by atoms with Gasteiger partial charge in [0, 0.05) is 23.8 Å². The Balaban J connectivity index is 1.73. The molecule has 0 spiro atoms. The van der Waals surface area contributed by atoms with Crippen molar-refractivity contribution in [2.24, 2.45) is 5.10 Å². The number of anilines is 1. The number of nitrogens with one attached hydrogen (secondary N) is 1. The lowest BCUT2D eigenvalue weighted by Crippen LogP contribution is -2.45. The van der Waals surface area contributed by atoms with E-state index in [1.807, 2.05) is 18.2 Å². The van der Waals surface area contributed by atoms with Crippen LogP contribution >= 0.6 is 0 Å². The molecule has 0 bridgehead atoms. The van der Waals surface area contributed by atoms with Crippen molar-refractivity contribution in [2.45, 2.75) is 44.8 Å². The highest BCUT2D eigenvalue weighted by Crippen LogP contribution is 2.42. The van der Waals surface area contributed by atoms with Crippen LogP contribution in [0.15, 0.2) is 47.6 Å². The summed E-state index contributed by atoms with van der Waals surface area (Å²) in [6, 6.07) is 10.2. The average Bonchev–Trinajstić information content (AvgIpc) is 2.65. The van der Waals surface area contributed by atoms with Gasteiger partial charge in [0.2, 0.25) is 0 Å². The first-order chi connectivity index (χ1) is 13.5. The first-order valence-corrected chi connectivity index (χ1v) is 9.37. The molecule has 0 aromatic heterocycles. The first-order valence-electron chi connectivity index (χ1n) is 9.37. The number of alkyl halides is 3. The second kappa shape index (κ2) is 7.54. The van der Waals surface area contributed by atoms with E-state index >= 15 is 0 Å². The van der Waals surface area contributed by atoms with Gasteiger partial charge in [-0.3, -0.25) is 4.79 Å². The number of hydrazone groups is 1. The molecule has 2 aromatic rings. The predicted molar refractivity (Wildman–Crippen MR) is 108 cm³/mol. The maximum absolute atomic E-state index is 12.8. The summed E-state index contributed by atoms with van der Waals surface area (Å²) in [5, 5.41) is 3.91. The largest absolute Gasteiger partial charge is 0.416 e. The Labute approximate surface area is 168 Å². The fourth-order valence-electron chi connectivity index (χ4n) is 3.74. The lowest BCUT2D eigenvalue weighted by Gasteiger charge is -2.45. The molecule has 0 fully saturated rings. The van der Waals surface area contributed by atoms with E-state index in [4.69, 9.17) is 0 Å². The lowest BCUT2D eigenvalue weighted by molar-refractivity contribution is -0.137. The summed E-state index contributed by atoms with van der Waals surface area (Å²) in [5.74, 6) is -0.315. The zero-order chi connectivity index (χ0) is 21.4. The fraction of sp³-hybridized carbons (Fsp3) is 0.364. The van der Waals surface area contributed by atoms with Crippen molar-refractivity contribution in [3.63, 3.8) is 0 Å². The molecular formula is C22H24F3N3O. The van der Waals surface area contributed by atoms with Gasteiger partial charge in [0.1, 0.15) is 0 Å². The van der Waals surface area contributed by atoms with Gasteiger partial charge in [0.15, 0.2) is 0 Å². The van der Waals surface area contributed by atoms with Crippen molar-refractivity contribution in [1.29, 1.82) is 0 Å². The topological polar surface area (TPSA) is 44.7 Å². The van der Waals surface area contributed by atoms with Gasteiger partial charge in [-0.1, -0.05) is 19.1 Å². The summed E-state index contributed by atoms with van der Waals surface area (Å²) < 4.78 is 38.4. The zero-order valence-corrected chi connectivity index (χ0v) is 16.8. The number of hydrogen-bond acceptors (Lipinski definition) is 3. The molecule has 1 aliphatic heterocycles. The Morgan fingerprint density at radius 2 is 1.97 bits per heavy atom. The molecule has 1 unspecified atom stereocenters. The minimum atomic E-state index is -4.50. The molecule has 29 heavy (non-hydrogen) atoms. The van der Waals surface area contributed by atoms with Crippen molar-refractivity contribution >= 4 is 17.8 Å².